The van der Waals surface area contributed by atoms with Crippen LogP contribution in [-0.2, 0) is 4.79 Å². The number of anilines is 1. The van der Waals surface area contributed by atoms with Crippen molar-refractivity contribution in [1.29, 1.82) is 0 Å². The SMILES string of the molecule is O=C(O)C1=NN(c2ccc(Cl)cc2Cl)C(c2ccc(Br)s2)C1. The van der Waals surface area contributed by atoms with E-state index >= 15 is 0 Å². The van der Waals surface area contributed by atoms with Crippen LogP contribution in [0.3, 0.4) is 0 Å². The van der Waals surface area contributed by atoms with Crippen molar-refractivity contribution < 1.29 is 9.90 Å². The fourth-order valence-electron chi connectivity index (χ4n) is 2.26. The number of benzene rings is 1. The van der Waals surface area contributed by atoms with Gasteiger partial charge in [-0.15, -0.1) is 11.3 Å². The first-order valence-corrected chi connectivity index (χ1v) is 8.62. The molecule has 0 aliphatic carbocycles. The highest BCUT2D eigenvalue weighted by Gasteiger charge is 2.34. The molecule has 3 rings (SSSR count). The number of hydrazone groups is 1. The Balaban J connectivity index is 2.05. The van der Waals surface area contributed by atoms with E-state index in [1.807, 2.05) is 12.1 Å². The standard InChI is InChI=1S/C14H9BrCl2N2O2S/c15-13-4-3-12(22-13)11-6-9(14(20)21)18-19(11)10-2-1-7(16)5-8(10)17/h1-5,11H,6H2,(H,20,21). The lowest BCUT2D eigenvalue weighted by Gasteiger charge is -2.23. The van der Waals surface area contributed by atoms with Crippen molar-refractivity contribution in [2.75, 3.05) is 5.01 Å². The highest BCUT2D eigenvalue weighted by atomic mass is 79.9. The van der Waals surface area contributed by atoms with Crippen LogP contribution in [-0.4, -0.2) is 16.8 Å². The molecule has 0 saturated carbocycles. The van der Waals surface area contributed by atoms with Gasteiger partial charge < -0.3 is 5.11 Å². The first-order valence-electron chi connectivity index (χ1n) is 6.26. The van der Waals surface area contributed by atoms with Crippen molar-refractivity contribution in [1.82, 2.24) is 0 Å². The third kappa shape index (κ3) is 3.01. The lowest BCUT2D eigenvalue weighted by atomic mass is 10.1. The number of carbonyl (C=O) groups is 1. The normalized spacial score (nSPS) is 17.7. The Kier molecular flexibility index (Phi) is 4.45. The summed E-state index contributed by atoms with van der Waals surface area (Å²) in [4.78, 5) is 12.3. The van der Waals surface area contributed by atoms with Gasteiger partial charge in [-0.05, 0) is 46.3 Å². The summed E-state index contributed by atoms with van der Waals surface area (Å²) >= 11 is 17.1. The molecular weight excluding hydrogens is 411 g/mol. The molecule has 0 saturated heterocycles. The maximum absolute atomic E-state index is 11.3. The van der Waals surface area contributed by atoms with E-state index in [1.165, 1.54) is 0 Å². The molecule has 1 N–H and O–H groups in total. The van der Waals surface area contributed by atoms with Crippen LogP contribution in [0, 0.1) is 0 Å². The van der Waals surface area contributed by atoms with Crippen LogP contribution >= 0.6 is 50.5 Å². The predicted octanol–water partition coefficient (Wildman–Crippen LogP) is 5.21. The Morgan fingerprint density at radius 2 is 2.14 bits per heavy atom. The lowest BCUT2D eigenvalue weighted by molar-refractivity contribution is -0.129. The van der Waals surface area contributed by atoms with Gasteiger partial charge in [0.15, 0.2) is 0 Å². The Hall–Kier alpha value is -1.08. The minimum absolute atomic E-state index is 0.112. The molecule has 0 bridgehead atoms. The summed E-state index contributed by atoms with van der Waals surface area (Å²) in [5.74, 6) is -1.02. The lowest BCUT2D eigenvalue weighted by Crippen LogP contribution is -2.18. The van der Waals surface area contributed by atoms with Gasteiger partial charge in [0.1, 0.15) is 5.71 Å². The Labute approximate surface area is 149 Å². The van der Waals surface area contributed by atoms with Gasteiger partial charge in [0.2, 0.25) is 0 Å². The number of aliphatic carboxylic acids is 1. The number of thiophene rings is 1. The molecule has 114 valence electrons. The second-order valence-corrected chi connectivity index (χ2v) is 7.99. The van der Waals surface area contributed by atoms with E-state index < -0.39 is 5.97 Å². The van der Waals surface area contributed by atoms with Crippen molar-refractivity contribution in [2.45, 2.75) is 12.5 Å². The van der Waals surface area contributed by atoms with Crippen molar-refractivity contribution in [3.05, 3.63) is 49.0 Å². The van der Waals surface area contributed by atoms with Crippen LogP contribution in [0.15, 0.2) is 39.2 Å². The first-order chi connectivity index (χ1) is 10.5. The smallest absolute Gasteiger partial charge is 0.352 e. The van der Waals surface area contributed by atoms with Crippen LogP contribution in [0.5, 0.6) is 0 Å². The fourth-order valence-corrected chi connectivity index (χ4v) is 4.26. The largest absolute Gasteiger partial charge is 0.477 e. The van der Waals surface area contributed by atoms with E-state index in [0.717, 1.165) is 8.66 Å². The van der Waals surface area contributed by atoms with E-state index in [9.17, 15) is 9.90 Å². The van der Waals surface area contributed by atoms with Gasteiger partial charge >= 0.3 is 5.97 Å². The van der Waals surface area contributed by atoms with Gasteiger partial charge in [-0.25, -0.2) is 4.79 Å². The summed E-state index contributed by atoms with van der Waals surface area (Å²) in [6.45, 7) is 0. The quantitative estimate of drug-likeness (QED) is 0.742. The molecule has 1 unspecified atom stereocenters. The number of carboxylic acids is 1. The molecule has 2 aromatic rings. The van der Waals surface area contributed by atoms with Gasteiger partial charge in [-0.1, -0.05) is 23.2 Å². The highest BCUT2D eigenvalue weighted by molar-refractivity contribution is 9.11. The Bertz CT molecular complexity index is 778. The molecule has 1 aliphatic heterocycles. The molecule has 1 aromatic carbocycles. The maximum atomic E-state index is 11.3. The first kappa shape index (κ1) is 15.8. The molecule has 4 nitrogen and oxygen atoms in total. The van der Waals surface area contributed by atoms with Gasteiger partial charge in [0, 0.05) is 16.3 Å². The molecule has 0 amide bonds. The summed E-state index contributed by atoms with van der Waals surface area (Å²) in [5.41, 5.74) is 0.748. The summed E-state index contributed by atoms with van der Waals surface area (Å²) in [6, 6.07) is 8.76. The summed E-state index contributed by atoms with van der Waals surface area (Å²) in [6.07, 6.45) is 0.321. The zero-order valence-electron chi connectivity index (χ0n) is 11.0. The molecule has 1 atom stereocenters. The summed E-state index contributed by atoms with van der Waals surface area (Å²) in [7, 11) is 0. The molecule has 0 radical (unpaired) electrons. The van der Waals surface area contributed by atoms with Crippen LogP contribution in [0.1, 0.15) is 17.3 Å². The van der Waals surface area contributed by atoms with Gasteiger partial charge in [-0.2, -0.15) is 5.10 Å². The number of nitrogens with zero attached hydrogens (tertiary/aromatic N) is 2. The van der Waals surface area contributed by atoms with Crippen molar-refractivity contribution in [3.8, 4) is 0 Å². The highest BCUT2D eigenvalue weighted by Crippen LogP contribution is 2.42. The number of rotatable bonds is 3. The van der Waals surface area contributed by atoms with Crippen LogP contribution in [0.25, 0.3) is 0 Å². The van der Waals surface area contributed by atoms with Crippen LogP contribution in [0.2, 0.25) is 10.0 Å². The zero-order valence-corrected chi connectivity index (χ0v) is 14.9. The molecule has 1 aromatic heterocycles. The molecule has 22 heavy (non-hydrogen) atoms. The Morgan fingerprint density at radius 1 is 1.36 bits per heavy atom. The molecule has 1 aliphatic rings. The molecule has 0 spiro atoms. The van der Waals surface area contributed by atoms with E-state index in [1.54, 1.807) is 34.5 Å². The number of hydrogen-bond acceptors (Lipinski definition) is 4. The molecular formula is C14H9BrCl2N2O2S. The molecule has 8 heteroatoms. The minimum atomic E-state index is -1.02. The number of halogens is 3. The van der Waals surface area contributed by atoms with E-state index in [-0.39, 0.29) is 11.8 Å². The summed E-state index contributed by atoms with van der Waals surface area (Å²) in [5, 5.41) is 16.1. The van der Waals surface area contributed by atoms with Gasteiger partial charge in [0.25, 0.3) is 0 Å². The predicted molar refractivity (Wildman–Crippen MR) is 93.4 cm³/mol. The average Bonchev–Trinajstić information content (AvgIpc) is 3.05. The van der Waals surface area contributed by atoms with E-state index in [0.29, 0.717) is 22.2 Å². The topological polar surface area (TPSA) is 52.9 Å². The maximum Gasteiger partial charge on any atom is 0.352 e. The Morgan fingerprint density at radius 3 is 2.73 bits per heavy atom. The van der Waals surface area contributed by atoms with E-state index in [2.05, 4.69) is 21.0 Å². The molecule has 2 heterocycles. The monoisotopic (exact) mass is 418 g/mol. The number of hydrogen-bond donors (Lipinski definition) is 1. The fraction of sp³-hybridized carbons (Fsp3) is 0.143. The third-order valence-corrected chi connectivity index (χ3v) is 5.50. The number of carboxylic acid groups (broad SMARTS) is 1. The van der Waals surface area contributed by atoms with Crippen LogP contribution < -0.4 is 5.01 Å². The van der Waals surface area contributed by atoms with Crippen LogP contribution in [0.4, 0.5) is 5.69 Å². The second-order valence-electron chi connectivity index (χ2n) is 4.65. The molecule has 0 fully saturated rings. The third-order valence-electron chi connectivity index (χ3n) is 3.24. The summed E-state index contributed by atoms with van der Waals surface area (Å²) < 4.78 is 0.980. The van der Waals surface area contributed by atoms with E-state index in [4.69, 9.17) is 23.2 Å². The zero-order chi connectivity index (χ0) is 15.9. The van der Waals surface area contributed by atoms with Crippen molar-refractivity contribution in [3.63, 3.8) is 0 Å². The van der Waals surface area contributed by atoms with Crippen molar-refractivity contribution in [2.24, 2.45) is 5.10 Å². The van der Waals surface area contributed by atoms with Crippen molar-refractivity contribution >= 4 is 67.8 Å². The minimum Gasteiger partial charge on any atom is -0.477 e. The average molecular weight is 420 g/mol. The van der Waals surface area contributed by atoms with Gasteiger partial charge in [0.05, 0.1) is 20.5 Å². The van der Waals surface area contributed by atoms with Gasteiger partial charge in [-0.3, -0.25) is 5.01 Å². The second kappa shape index (κ2) is 6.20.